The van der Waals surface area contributed by atoms with Gasteiger partial charge in [-0.15, -0.1) is 0 Å². The highest BCUT2D eigenvalue weighted by Crippen LogP contribution is 2.28. The Kier molecular flexibility index (Phi) is 6.84. The van der Waals surface area contributed by atoms with Crippen molar-refractivity contribution in [2.75, 3.05) is 20.3 Å². The second-order valence-corrected chi connectivity index (χ2v) is 5.15. The lowest BCUT2D eigenvalue weighted by molar-refractivity contribution is 0.283. The maximum atomic E-state index is 12.9. The fraction of sp³-hybridized carbons (Fsp3) is 0.333. The molecule has 0 unspecified atom stereocenters. The van der Waals surface area contributed by atoms with Crippen molar-refractivity contribution in [1.82, 2.24) is 5.32 Å². The van der Waals surface area contributed by atoms with Crippen molar-refractivity contribution in [3.05, 3.63) is 59.4 Å². The number of benzene rings is 2. The van der Waals surface area contributed by atoms with Crippen LogP contribution < -0.4 is 14.8 Å². The Hall–Kier alpha value is -2.11. The number of rotatable bonds is 9. The van der Waals surface area contributed by atoms with Crippen LogP contribution in [0.25, 0.3) is 0 Å². The molecule has 0 aromatic heterocycles. The SMILES string of the molecule is COc1cc(CNCCCO)ccc1OCc1ccc(F)cc1. The van der Waals surface area contributed by atoms with Crippen LogP contribution in [0.3, 0.4) is 0 Å². The average molecular weight is 319 g/mol. The van der Waals surface area contributed by atoms with E-state index in [2.05, 4.69) is 5.32 Å². The molecule has 23 heavy (non-hydrogen) atoms. The van der Waals surface area contributed by atoms with E-state index in [9.17, 15) is 4.39 Å². The summed E-state index contributed by atoms with van der Waals surface area (Å²) >= 11 is 0. The van der Waals surface area contributed by atoms with E-state index in [0.29, 0.717) is 24.7 Å². The van der Waals surface area contributed by atoms with Gasteiger partial charge in [0.15, 0.2) is 11.5 Å². The Bertz CT molecular complexity index is 602. The molecule has 0 aliphatic carbocycles. The van der Waals surface area contributed by atoms with Gasteiger partial charge < -0.3 is 19.9 Å². The van der Waals surface area contributed by atoms with E-state index in [0.717, 1.165) is 24.1 Å². The molecule has 0 radical (unpaired) electrons. The molecule has 0 heterocycles. The number of methoxy groups -OCH3 is 1. The normalized spacial score (nSPS) is 10.6. The number of halogens is 1. The first-order valence-electron chi connectivity index (χ1n) is 7.58. The maximum absolute atomic E-state index is 12.9. The molecule has 0 aliphatic heterocycles. The third-order valence-electron chi connectivity index (χ3n) is 3.38. The monoisotopic (exact) mass is 319 g/mol. The third kappa shape index (κ3) is 5.54. The maximum Gasteiger partial charge on any atom is 0.161 e. The molecular formula is C18H22FNO3. The largest absolute Gasteiger partial charge is 0.493 e. The van der Waals surface area contributed by atoms with Crippen molar-refractivity contribution in [1.29, 1.82) is 0 Å². The van der Waals surface area contributed by atoms with Gasteiger partial charge >= 0.3 is 0 Å². The molecule has 0 fully saturated rings. The van der Waals surface area contributed by atoms with Crippen molar-refractivity contribution in [3.63, 3.8) is 0 Å². The molecule has 0 aliphatic rings. The number of nitrogens with one attached hydrogen (secondary N) is 1. The molecule has 2 aromatic rings. The summed E-state index contributed by atoms with van der Waals surface area (Å²) in [5.41, 5.74) is 1.97. The van der Waals surface area contributed by atoms with Gasteiger partial charge in [0.25, 0.3) is 0 Å². The van der Waals surface area contributed by atoms with E-state index in [1.807, 2.05) is 18.2 Å². The standard InChI is InChI=1S/C18H22FNO3/c1-22-18-11-15(12-20-9-2-10-21)5-8-17(18)23-13-14-3-6-16(19)7-4-14/h3-8,11,20-21H,2,9-10,12-13H2,1H3. The summed E-state index contributed by atoms with van der Waals surface area (Å²) < 4.78 is 24.0. The molecule has 2 aromatic carbocycles. The van der Waals surface area contributed by atoms with Gasteiger partial charge in [-0.3, -0.25) is 0 Å². The van der Waals surface area contributed by atoms with Gasteiger partial charge in [0, 0.05) is 13.2 Å². The first-order valence-corrected chi connectivity index (χ1v) is 7.58. The number of hydrogen-bond acceptors (Lipinski definition) is 4. The zero-order valence-corrected chi connectivity index (χ0v) is 13.2. The number of aliphatic hydroxyl groups is 1. The van der Waals surface area contributed by atoms with E-state index in [1.165, 1.54) is 12.1 Å². The quantitative estimate of drug-likeness (QED) is 0.698. The molecular weight excluding hydrogens is 297 g/mol. The van der Waals surface area contributed by atoms with Gasteiger partial charge in [-0.2, -0.15) is 0 Å². The summed E-state index contributed by atoms with van der Waals surface area (Å²) in [6.07, 6.45) is 0.732. The van der Waals surface area contributed by atoms with E-state index >= 15 is 0 Å². The molecule has 2 N–H and O–H groups in total. The van der Waals surface area contributed by atoms with Crippen LogP contribution in [-0.4, -0.2) is 25.4 Å². The van der Waals surface area contributed by atoms with Gasteiger partial charge in [-0.05, 0) is 48.4 Å². The first-order chi connectivity index (χ1) is 11.2. The molecule has 0 saturated heterocycles. The lowest BCUT2D eigenvalue weighted by Gasteiger charge is -2.13. The fourth-order valence-electron chi connectivity index (χ4n) is 2.12. The molecule has 2 rings (SSSR count). The number of aliphatic hydroxyl groups excluding tert-OH is 1. The second kappa shape index (κ2) is 9.12. The van der Waals surface area contributed by atoms with E-state index in [-0.39, 0.29) is 12.4 Å². The summed E-state index contributed by atoms with van der Waals surface area (Å²) in [6, 6.07) is 12.0. The van der Waals surface area contributed by atoms with Crippen LogP contribution in [0.15, 0.2) is 42.5 Å². The van der Waals surface area contributed by atoms with E-state index in [1.54, 1.807) is 19.2 Å². The van der Waals surface area contributed by atoms with Crippen LogP contribution >= 0.6 is 0 Å². The highest BCUT2D eigenvalue weighted by molar-refractivity contribution is 5.43. The smallest absolute Gasteiger partial charge is 0.161 e. The zero-order valence-electron chi connectivity index (χ0n) is 13.2. The Morgan fingerprint density at radius 2 is 1.78 bits per heavy atom. The van der Waals surface area contributed by atoms with Crippen molar-refractivity contribution >= 4 is 0 Å². The minimum atomic E-state index is -0.260. The molecule has 5 heteroatoms. The summed E-state index contributed by atoms with van der Waals surface area (Å²) in [6.45, 7) is 2.01. The Morgan fingerprint density at radius 3 is 2.48 bits per heavy atom. The summed E-state index contributed by atoms with van der Waals surface area (Å²) in [5, 5.41) is 12.0. The Morgan fingerprint density at radius 1 is 1.04 bits per heavy atom. The Labute approximate surface area is 135 Å². The molecule has 0 atom stereocenters. The molecule has 4 nitrogen and oxygen atoms in total. The van der Waals surface area contributed by atoms with Crippen LogP contribution in [-0.2, 0) is 13.2 Å². The van der Waals surface area contributed by atoms with Crippen molar-refractivity contribution in [3.8, 4) is 11.5 Å². The van der Waals surface area contributed by atoms with Crippen LogP contribution in [0.4, 0.5) is 4.39 Å². The average Bonchev–Trinajstić information content (AvgIpc) is 2.58. The van der Waals surface area contributed by atoms with Gasteiger partial charge in [0.1, 0.15) is 12.4 Å². The topological polar surface area (TPSA) is 50.7 Å². The first kappa shape index (κ1) is 17.2. The summed E-state index contributed by atoms with van der Waals surface area (Å²) in [4.78, 5) is 0. The fourth-order valence-corrected chi connectivity index (χ4v) is 2.12. The summed E-state index contributed by atoms with van der Waals surface area (Å²) in [7, 11) is 1.60. The van der Waals surface area contributed by atoms with E-state index < -0.39 is 0 Å². The predicted molar refractivity (Wildman–Crippen MR) is 87.1 cm³/mol. The van der Waals surface area contributed by atoms with Crippen LogP contribution in [0.5, 0.6) is 11.5 Å². The number of hydrogen-bond donors (Lipinski definition) is 2. The molecule has 0 saturated carbocycles. The van der Waals surface area contributed by atoms with Gasteiger partial charge in [0.2, 0.25) is 0 Å². The molecule has 0 bridgehead atoms. The van der Waals surface area contributed by atoms with Crippen LogP contribution in [0.1, 0.15) is 17.5 Å². The highest BCUT2D eigenvalue weighted by atomic mass is 19.1. The second-order valence-electron chi connectivity index (χ2n) is 5.15. The molecule has 0 spiro atoms. The van der Waals surface area contributed by atoms with Gasteiger partial charge in [0.05, 0.1) is 7.11 Å². The minimum Gasteiger partial charge on any atom is -0.493 e. The van der Waals surface area contributed by atoms with E-state index in [4.69, 9.17) is 14.6 Å². The molecule has 124 valence electrons. The summed E-state index contributed by atoms with van der Waals surface area (Å²) in [5.74, 6) is 1.05. The third-order valence-corrected chi connectivity index (χ3v) is 3.38. The lowest BCUT2D eigenvalue weighted by Crippen LogP contribution is -2.15. The molecule has 0 amide bonds. The number of ether oxygens (including phenoxy) is 2. The predicted octanol–water partition coefficient (Wildman–Crippen LogP) is 2.89. The lowest BCUT2D eigenvalue weighted by atomic mass is 10.2. The van der Waals surface area contributed by atoms with Crippen LogP contribution in [0, 0.1) is 5.82 Å². The van der Waals surface area contributed by atoms with Crippen molar-refractivity contribution < 1.29 is 19.0 Å². The highest BCUT2D eigenvalue weighted by Gasteiger charge is 2.06. The zero-order chi connectivity index (χ0) is 16.5. The van der Waals surface area contributed by atoms with Crippen molar-refractivity contribution in [2.45, 2.75) is 19.6 Å². The van der Waals surface area contributed by atoms with Crippen LogP contribution in [0.2, 0.25) is 0 Å². The minimum absolute atomic E-state index is 0.187. The van der Waals surface area contributed by atoms with Gasteiger partial charge in [-0.25, -0.2) is 4.39 Å². The van der Waals surface area contributed by atoms with Crippen molar-refractivity contribution in [2.24, 2.45) is 0 Å². The van der Waals surface area contributed by atoms with Gasteiger partial charge in [-0.1, -0.05) is 18.2 Å². The Balaban J connectivity index is 1.94.